The Morgan fingerprint density at radius 1 is 1.04 bits per heavy atom. The number of halogens is 3. The number of fused-ring (bicyclic) bond motifs is 1. The van der Waals surface area contributed by atoms with E-state index in [0.717, 1.165) is 29.7 Å². The molecule has 27 heavy (non-hydrogen) atoms. The van der Waals surface area contributed by atoms with Gasteiger partial charge in [0.25, 0.3) is 0 Å². The Hall–Kier alpha value is -2.30. The molecule has 3 rings (SSSR count). The third kappa shape index (κ3) is 4.34. The van der Waals surface area contributed by atoms with Gasteiger partial charge in [-0.1, -0.05) is 57.2 Å². The maximum atomic E-state index is 13.0. The van der Waals surface area contributed by atoms with Crippen molar-refractivity contribution in [1.29, 1.82) is 0 Å². The molecule has 0 radical (unpaired) electrons. The van der Waals surface area contributed by atoms with Crippen molar-refractivity contribution in [2.45, 2.75) is 45.8 Å². The Kier molecular flexibility index (Phi) is 5.06. The molecule has 2 aromatic rings. The molecule has 0 bridgehead atoms. The van der Waals surface area contributed by atoms with Crippen LogP contribution in [0.3, 0.4) is 0 Å². The van der Waals surface area contributed by atoms with Crippen molar-refractivity contribution in [3.63, 3.8) is 0 Å². The molecule has 144 valence electrons. The van der Waals surface area contributed by atoms with E-state index in [1.54, 1.807) is 0 Å². The van der Waals surface area contributed by atoms with Gasteiger partial charge in [-0.15, -0.1) is 0 Å². The molecule has 0 unspecified atom stereocenters. The Bertz CT molecular complexity index is 819. The van der Waals surface area contributed by atoms with E-state index < -0.39 is 11.7 Å². The molecule has 2 aromatic carbocycles. The summed E-state index contributed by atoms with van der Waals surface area (Å²) in [4.78, 5) is 14.8. The van der Waals surface area contributed by atoms with Gasteiger partial charge in [0.1, 0.15) is 0 Å². The summed E-state index contributed by atoms with van der Waals surface area (Å²) in [5, 5.41) is 0. The molecule has 2 nitrogen and oxygen atoms in total. The fourth-order valence-electron chi connectivity index (χ4n) is 3.60. The number of carbonyl (C=O) groups is 1. The van der Waals surface area contributed by atoms with Crippen molar-refractivity contribution >= 4 is 5.91 Å². The standard InChI is InChI=1S/C22H24F3NO/c1-21(2,3)14-19(27)26-13-12-15-6-4-5-7-18(15)20(26)16-8-10-17(11-9-16)22(23,24)25/h4-11,20H,12-14H2,1-3H3/t20-/m1/s1. The van der Waals surface area contributed by atoms with Crippen LogP contribution in [-0.4, -0.2) is 17.4 Å². The Labute approximate surface area is 158 Å². The van der Waals surface area contributed by atoms with Gasteiger partial charge in [0.15, 0.2) is 0 Å². The van der Waals surface area contributed by atoms with Crippen LogP contribution in [-0.2, 0) is 17.4 Å². The lowest BCUT2D eigenvalue weighted by molar-refractivity contribution is -0.138. The molecule has 1 aliphatic rings. The Morgan fingerprint density at radius 3 is 2.26 bits per heavy atom. The van der Waals surface area contributed by atoms with Crippen LogP contribution >= 0.6 is 0 Å². The lowest BCUT2D eigenvalue weighted by atomic mass is 9.86. The Balaban J connectivity index is 2.02. The van der Waals surface area contributed by atoms with E-state index in [2.05, 4.69) is 0 Å². The minimum Gasteiger partial charge on any atom is -0.331 e. The molecule has 0 N–H and O–H groups in total. The lowest BCUT2D eigenvalue weighted by Gasteiger charge is -2.39. The normalized spacial score (nSPS) is 17.6. The van der Waals surface area contributed by atoms with Crippen LogP contribution in [0.25, 0.3) is 0 Å². The second-order valence-electron chi connectivity index (χ2n) is 8.30. The molecule has 0 saturated carbocycles. The molecular weight excluding hydrogens is 351 g/mol. The summed E-state index contributed by atoms with van der Waals surface area (Å²) in [6, 6.07) is 12.7. The molecule has 5 heteroatoms. The molecule has 0 spiro atoms. The predicted molar refractivity (Wildman–Crippen MR) is 99.2 cm³/mol. The second kappa shape index (κ2) is 7.02. The number of hydrogen-bond donors (Lipinski definition) is 0. The average Bonchev–Trinajstić information content (AvgIpc) is 2.58. The average molecular weight is 375 g/mol. The van der Waals surface area contributed by atoms with E-state index in [1.807, 2.05) is 49.9 Å². The topological polar surface area (TPSA) is 20.3 Å². The lowest BCUT2D eigenvalue weighted by Crippen LogP contribution is -2.41. The summed E-state index contributed by atoms with van der Waals surface area (Å²) >= 11 is 0. The summed E-state index contributed by atoms with van der Waals surface area (Å²) in [7, 11) is 0. The van der Waals surface area contributed by atoms with Gasteiger partial charge in [-0.3, -0.25) is 4.79 Å². The van der Waals surface area contributed by atoms with E-state index in [0.29, 0.717) is 18.5 Å². The van der Waals surface area contributed by atoms with Gasteiger partial charge < -0.3 is 4.90 Å². The molecule has 0 aromatic heterocycles. The number of alkyl halides is 3. The highest BCUT2D eigenvalue weighted by molar-refractivity contribution is 5.78. The summed E-state index contributed by atoms with van der Waals surface area (Å²) in [6.07, 6.45) is -3.22. The van der Waals surface area contributed by atoms with E-state index >= 15 is 0 Å². The van der Waals surface area contributed by atoms with Crippen molar-refractivity contribution in [3.8, 4) is 0 Å². The van der Waals surface area contributed by atoms with Gasteiger partial charge in [0, 0.05) is 13.0 Å². The van der Waals surface area contributed by atoms with Crippen molar-refractivity contribution in [2.24, 2.45) is 5.41 Å². The van der Waals surface area contributed by atoms with Crippen LogP contribution in [0.15, 0.2) is 48.5 Å². The molecular formula is C22H24F3NO. The van der Waals surface area contributed by atoms with Crippen LogP contribution in [0.2, 0.25) is 0 Å². The fraction of sp³-hybridized carbons (Fsp3) is 0.409. The molecule has 1 aliphatic heterocycles. The maximum absolute atomic E-state index is 13.0. The quantitative estimate of drug-likeness (QED) is 0.667. The van der Waals surface area contributed by atoms with Crippen molar-refractivity contribution in [1.82, 2.24) is 4.90 Å². The summed E-state index contributed by atoms with van der Waals surface area (Å²) in [5.41, 5.74) is 2.01. The molecule has 0 saturated heterocycles. The summed E-state index contributed by atoms with van der Waals surface area (Å²) in [6.45, 7) is 6.60. The monoisotopic (exact) mass is 375 g/mol. The molecule has 0 fully saturated rings. The highest BCUT2D eigenvalue weighted by atomic mass is 19.4. The summed E-state index contributed by atoms with van der Waals surface area (Å²) < 4.78 is 38.8. The first-order valence-electron chi connectivity index (χ1n) is 9.11. The SMILES string of the molecule is CC(C)(C)CC(=O)N1CCc2ccccc2[C@H]1c1ccc(C(F)(F)F)cc1. The highest BCUT2D eigenvalue weighted by Gasteiger charge is 2.35. The minimum atomic E-state index is -4.37. The molecule has 1 atom stereocenters. The number of hydrogen-bond acceptors (Lipinski definition) is 1. The van der Waals surface area contributed by atoms with Crippen molar-refractivity contribution in [3.05, 3.63) is 70.8 Å². The van der Waals surface area contributed by atoms with Crippen molar-refractivity contribution in [2.75, 3.05) is 6.54 Å². The number of benzene rings is 2. The first-order valence-corrected chi connectivity index (χ1v) is 9.11. The predicted octanol–water partition coefficient (Wildman–Crippen LogP) is 5.62. The molecule has 1 amide bonds. The van der Waals surface area contributed by atoms with Gasteiger partial charge in [-0.25, -0.2) is 0 Å². The van der Waals surface area contributed by atoms with E-state index in [1.165, 1.54) is 12.1 Å². The van der Waals surface area contributed by atoms with E-state index in [9.17, 15) is 18.0 Å². The number of rotatable bonds is 2. The van der Waals surface area contributed by atoms with Crippen LogP contribution in [0.5, 0.6) is 0 Å². The zero-order valence-electron chi connectivity index (χ0n) is 15.8. The van der Waals surface area contributed by atoms with Crippen LogP contribution < -0.4 is 0 Å². The zero-order valence-corrected chi connectivity index (χ0v) is 15.8. The van der Waals surface area contributed by atoms with Gasteiger partial charge in [-0.05, 0) is 40.7 Å². The third-order valence-electron chi connectivity index (χ3n) is 4.84. The zero-order chi connectivity index (χ0) is 19.8. The summed E-state index contributed by atoms with van der Waals surface area (Å²) in [5.74, 6) is 0.0295. The molecule has 1 heterocycles. The number of carbonyl (C=O) groups excluding carboxylic acids is 1. The first kappa shape index (κ1) is 19.5. The fourth-order valence-corrected chi connectivity index (χ4v) is 3.60. The van der Waals surface area contributed by atoms with Gasteiger partial charge >= 0.3 is 6.18 Å². The highest BCUT2D eigenvalue weighted by Crippen LogP contribution is 2.38. The van der Waals surface area contributed by atoms with Crippen LogP contribution in [0, 0.1) is 5.41 Å². The van der Waals surface area contributed by atoms with Crippen molar-refractivity contribution < 1.29 is 18.0 Å². The smallest absolute Gasteiger partial charge is 0.331 e. The molecule has 0 aliphatic carbocycles. The minimum absolute atomic E-state index is 0.0295. The van der Waals surface area contributed by atoms with Gasteiger partial charge in [0.2, 0.25) is 5.91 Å². The number of amides is 1. The van der Waals surface area contributed by atoms with E-state index in [-0.39, 0.29) is 17.4 Å². The maximum Gasteiger partial charge on any atom is 0.416 e. The Morgan fingerprint density at radius 2 is 1.67 bits per heavy atom. The van der Waals surface area contributed by atoms with Crippen LogP contribution in [0.1, 0.15) is 55.5 Å². The number of nitrogens with zero attached hydrogens (tertiary/aromatic N) is 1. The second-order valence-corrected chi connectivity index (χ2v) is 8.30. The largest absolute Gasteiger partial charge is 0.416 e. The van der Waals surface area contributed by atoms with Gasteiger partial charge in [0.05, 0.1) is 11.6 Å². The van der Waals surface area contributed by atoms with E-state index in [4.69, 9.17) is 0 Å². The van der Waals surface area contributed by atoms with Gasteiger partial charge in [-0.2, -0.15) is 13.2 Å². The first-order chi connectivity index (χ1) is 12.6. The van der Waals surface area contributed by atoms with Crippen LogP contribution in [0.4, 0.5) is 13.2 Å². The third-order valence-corrected chi connectivity index (χ3v) is 4.84.